The van der Waals surface area contributed by atoms with Crippen molar-refractivity contribution in [1.29, 1.82) is 5.26 Å². The molecule has 1 aromatic heterocycles. The highest BCUT2D eigenvalue weighted by Gasteiger charge is 2.09. The zero-order valence-electron chi connectivity index (χ0n) is 13.1. The highest BCUT2D eigenvalue weighted by atomic mass is 32.1. The fraction of sp³-hybridized carbons (Fsp3) is 0.105. The Kier molecular flexibility index (Phi) is 4.69. The predicted molar refractivity (Wildman–Crippen MR) is 95.2 cm³/mol. The summed E-state index contributed by atoms with van der Waals surface area (Å²) in [6.45, 7) is 2.07. The molecule has 0 aliphatic carbocycles. The lowest BCUT2D eigenvalue weighted by Crippen LogP contribution is -2.11. The van der Waals surface area contributed by atoms with Gasteiger partial charge in [0.05, 0.1) is 11.6 Å². The van der Waals surface area contributed by atoms with Gasteiger partial charge >= 0.3 is 0 Å². The van der Waals surface area contributed by atoms with Crippen LogP contribution >= 0.6 is 11.3 Å². The number of benzene rings is 2. The van der Waals surface area contributed by atoms with Crippen molar-refractivity contribution in [3.8, 4) is 6.07 Å². The third-order valence-electron chi connectivity index (χ3n) is 3.51. The van der Waals surface area contributed by atoms with Crippen molar-refractivity contribution in [2.75, 3.05) is 5.32 Å². The first-order valence-corrected chi connectivity index (χ1v) is 8.27. The number of carbonyl (C=O) groups is 1. The highest BCUT2D eigenvalue weighted by molar-refractivity contribution is 7.15. The number of nitrogens with one attached hydrogen (secondary N) is 1. The SMILES string of the molecule is Cc1cccc(Cc2cnc(NC(=O)c3ccc(C#N)cc3)s2)c1. The second kappa shape index (κ2) is 7.07. The molecule has 3 aromatic rings. The van der Waals surface area contributed by atoms with Crippen LogP contribution in [0.15, 0.2) is 54.7 Å². The molecular formula is C19H15N3OS. The van der Waals surface area contributed by atoms with Crippen molar-refractivity contribution in [1.82, 2.24) is 4.98 Å². The number of aromatic nitrogens is 1. The lowest BCUT2D eigenvalue weighted by atomic mass is 10.1. The number of thiazole rings is 1. The van der Waals surface area contributed by atoms with Crippen LogP contribution in [0.3, 0.4) is 0 Å². The van der Waals surface area contributed by atoms with Crippen molar-refractivity contribution in [2.45, 2.75) is 13.3 Å². The Hall–Kier alpha value is -2.97. The minimum atomic E-state index is -0.226. The Bertz CT molecular complexity index is 907. The van der Waals surface area contributed by atoms with Crippen molar-refractivity contribution in [3.63, 3.8) is 0 Å². The summed E-state index contributed by atoms with van der Waals surface area (Å²) in [5.41, 5.74) is 3.49. The Morgan fingerprint density at radius 1 is 1.25 bits per heavy atom. The molecule has 1 amide bonds. The minimum Gasteiger partial charge on any atom is -0.298 e. The molecule has 4 nitrogen and oxygen atoms in total. The Morgan fingerprint density at radius 3 is 2.75 bits per heavy atom. The smallest absolute Gasteiger partial charge is 0.257 e. The number of nitrogens with zero attached hydrogens (tertiary/aromatic N) is 2. The van der Waals surface area contributed by atoms with Gasteiger partial charge in [0.1, 0.15) is 0 Å². The fourth-order valence-electron chi connectivity index (χ4n) is 2.34. The molecule has 0 unspecified atom stereocenters. The molecule has 24 heavy (non-hydrogen) atoms. The van der Waals surface area contributed by atoms with E-state index in [1.54, 1.807) is 30.5 Å². The maximum absolute atomic E-state index is 12.2. The van der Waals surface area contributed by atoms with Gasteiger partial charge in [-0.05, 0) is 36.8 Å². The topological polar surface area (TPSA) is 65.8 Å². The maximum Gasteiger partial charge on any atom is 0.257 e. The van der Waals surface area contributed by atoms with E-state index in [9.17, 15) is 4.79 Å². The second-order valence-electron chi connectivity index (χ2n) is 5.44. The Labute approximate surface area is 144 Å². The molecule has 1 N–H and O–H groups in total. The van der Waals surface area contributed by atoms with Crippen molar-refractivity contribution < 1.29 is 4.79 Å². The average molecular weight is 333 g/mol. The summed E-state index contributed by atoms with van der Waals surface area (Å²) >= 11 is 1.47. The average Bonchev–Trinajstić information content (AvgIpc) is 3.02. The van der Waals surface area contributed by atoms with E-state index in [0.29, 0.717) is 16.3 Å². The van der Waals surface area contributed by atoms with Crippen LogP contribution in [0.25, 0.3) is 0 Å². The highest BCUT2D eigenvalue weighted by Crippen LogP contribution is 2.22. The molecule has 1 heterocycles. The van der Waals surface area contributed by atoms with Gasteiger partial charge in [-0.2, -0.15) is 5.26 Å². The van der Waals surface area contributed by atoms with Crippen LogP contribution in [0.1, 0.15) is 31.9 Å². The van der Waals surface area contributed by atoms with E-state index in [4.69, 9.17) is 5.26 Å². The third-order valence-corrected chi connectivity index (χ3v) is 4.42. The molecule has 0 spiro atoms. The molecule has 5 heteroatoms. The van der Waals surface area contributed by atoms with Crippen molar-refractivity contribution in [3.05, 3.63) is 81.9 Å². The number of nitriles is 1. The first kappa shape index (κ1) is 15.9. The number of amides is 1. The third kappa shape index (κ3) is 3.86. The van der Waals surface area contributed by atoms with Crippen LogP contribution in [0.4, 0.5) is 5.13 Å². The standard InChI is InChI=1S/C19H15N3OS/c1-13-3-2-4-15(9-13)10-17-12-21-19(24-17)22-18(23)16-7-5-14(11-20)6-8-16/h2-9,12H,10H2,1H3,(H,21,22,23). The summed E-state index contributed by atoms with van der Waals surface area (Å²) in [4.78, 5) is 17.6. The molecule has 0 aliphatic heterocycles. The first-order valence-electron chi connectivity index (χ1n) is 7.46. The largest absolute Gasteiger partial charge is 0.298 e. The fourth-order valence-corrected chi connectivity index (χ4v) is 3.18. The monoisotopic (exact) mass is 333 g/mol. The number of hydrogen-bond acceptors (Lipinski definition) is 4. The number of aryl methyl sites for hydroxylation is 1. The van der Waals surface area contributed by atoms with E-state index in [-0.39, 0.29) is 5.91 Å². The van der Waals surface area contributed by atoms with E-state index in [1.165, 1.54) is 22.5 Å². The molecule has 0 fully saturated rings. The number of rotatable bonds is 4. The summed E-state index contributed by atoms with van der Waals surface area (Å²) in [5.74, 6) is -0.226. The van der Waals surface area contributed by atoms with Gasteiger partial charge in [-0.25, -0.2) is 4.98 Å². The van der Waals surface area contributed by atoms with Crippen LogP contribution in [0, 0.1) is 18.3 Å². The Balaban J connectivity index is 1.67. The first-order chi connectivity index (χ1) is 11.6. The van der Waals surface area contributed by atoms with Gasteiger partial charge in [0.2, 0.25) is 0 Å². The van der Waals surface area contributed by atoms with Crippen molar-refractivity contribution >= 4 is 22.4 Å². The lowest BCUT2D eigenvalue weighted by Gasteiger charge is -2.01. The molecule has 0 atom stereocenters. The number of hydrogen-bond donors (Lipinski definition) is 1. The van der Waals surface area contributed by atoms with Gasteiger partial charge in [0.25, 0.3) is 5.91 Å². The summed E-state index contributed by atoms with van der Waals surface area (Å²) < 4.78 is 0. The molecule has 0 bridgehead atoms. The van der Waals surface area contributed by atoms with Crippen LogP contribution in [-0.2, 0) is 6.42 Å². The van der Waals surface area contributed by atoms with Gasteiger partial charge in [-0.3, -0.25) is 10.1 Å². The molecule has 0 radical (unpaired) electrons. The van der Waals surface area contributed by atoms with Crippen LogP contribution in [0.2, 0.25) is 0 Å². The van der Waals surface area contributed by atoms with Gasteiger partial charge in [0, 0.05) is 23.1 Å². The van der Waals surface area contributed by atoms with Crippen LogP contribution < -0.4 is 5.32 Å². The predicted octanol–water partition coefficient (Wildman–Crippen LogP) is 4.17. The van der Waals surface area contributed by atoms with E-state index >= 15 is 0 Å². The van der Waals surface area contributed by atoms with Gasteiger partial charge in [0.15, 0.2) is 5.13 Å². The molecule has 3 rings (SSSR count). The second-order valence-corrected chi connectivity index (χ2v) is 6.56. The summed E-state index contributed by atoms with van der Waals surface area (Å²) in [7, 11) is 0. The number of carbonyl (C=O) groups excluding carboxylic acids is 1. The zero-order valence-corrected chi connectivity index (χ0v) is 13.9. The lowest BCUT2D eigenvalue weighted by molar-refractivity contribution is 0.102. The summed E-state index contributed by atoms with van der Waals surface area (Å²) in [6.07, 6.45) is 2.59. The number of anilines is 1. The molecule has 0 saturated heterocycles. The maximum atomic E-state index is 12.2. The Morgan fingerprint density at radius 2 is 2.04 bits per heavy atom. The summed E-state index contributed by atoms with van der Waals surface area (Å²) in [6, 6.07) is 16.9. The normalized spacial score (nSPS) is 10.2. The zero-order chi connectivity index (χ0) is 16.9. The van der Waals surface area contributed by atoms with Crippen LogP contribution in [0.5, 0.6) is 0 Å². The van der Waals surface area contributed by atoms with Crippen LogP contribution in [-0.4, -0.2) is 10.9 Å². The molecule has 0 aliphatic rings. The minimum absolute atomic E-state index is 0.226. The molecule has 118 valence electrons. The quantitative estimate of drug-likeness (QED) is 0.779. The van der Waals surface area contributed by atoms with Gasteiger partial charge in [-0.1, -0.05) is 29.8 Å². The molecule has 0 saturated carbocycles. The van der Waals surface area contributed by atoms with E-state index in [0.717, 1.165) is 11.3 Å². The molecular weight excluding hydrogens is 318 g/mol. The van der Waals surface area contributed by atoms with Gasteiger partial charge < -0.3 is 0 Å². The summed E-state index contributed by atoms with van der Waals surface area (Å²) in [5, 5.41) is 12.2. The van der Waals surface area contributed by atoms with Gasteiger partial charge in [-0.15, -0.1) is 11.3 Å². The van der Waals surface area contributed by atoms with Crippen molar-refractivity contribution in [2.24, 2.45) is 0 Å². The van der Waals surface area contributed by atoms with E-state index < -0.39 is 0 Å². The van der Waals surface area contributed by atoms with E-state index in [2.05, 4.69) is 35.4 Å². The molecule has 2 aromatic carbocycles. The van der Waals surface area contributed by atoms with E-state index in [1.807, 2.05) is 12.1 Å².